The fourth-order valence-corrected chi connectivity index (χ4v) is 2.82. The number of hydrogen-bond acceptors (Lipinski definition) is 4. The molecule has 2 aromatic carbocycles. The van der Waals surface area contributed by atoms with E-state index in [9.17, 15) is 4.79 Å². The number of halogens is 2. The molecule has 5 nitrogen and oxygen atoms in total. The SMILES string of the molecule is COc1cc(CNCc2ccc(C)cc2)cc(Br)c1OCC(N)=O.Cl. The number of ether oxygens (including phenoxy) is 2. The monoisotopic (exact) mass is 428 g/mol. The molecule has 0 saturated carbocycles. The summed E-state index contributed by atoms with van der Waals surface area (Å²) in [5.74, 6) is 0.490. The second-order valence-corrected chi connectivity index (χ2v) is 6.31. The number of rotatable bonds is 8. The first-order chi connectivity index (χ1) is 11.5. The van der Waals surface area contributed by atoms with Gasteiger partial charge in [0.05, 0.1) is 11.6 Å². The zero-order chi connectivity index (χ0) is 17.5. The van der Waals surface area contributed by atoms with Crippen LogP contribution in [0.25, 0.3) is 0 Å². The Labute approximate surface area is 162 Å². The number of amides is 1. The normalized spacial score (nSPS) is 10.0. The fraction of sp³-hybridized carbons (Fsp3) is 0.278. The Kier molecular flexibility index (Phi) is 8.75. The zero-order valence-electron chi connectivity index (χ0n) is 14.2. The van der Waals surface area contributed by atoms with Crippen molar-refractivity contribution in [2.45, 2.75) is 20.0 Å². The van der Waals surface area contributed by atoms with Gasteiger partial charge in [-0.15, -0.1) is 12.4 Å². The first-order valence-electron chi connectivity index (χ1n) is 7.53. The predicted molar refractivity (Wildman–Crippen MR) is 104 cm³/mol. The van der Waals surface area contributed by atoms with E-state index in [1.54, 1.807) is 7.11 Å². The quantitative estimate of drug-likeness (QED) is 0.675. The van der Waals surface area contributed by atoms with Gasteiger partial charge in [-0.25, -0.2) is 0 Å². The molecule has 3 N–H and O–H groups in total. The number of methoxy groups -OCH3 is 1. The summed E-state index contributed by atoms with van der Waals surface area (Å²) in [6.45, 7) is 3.34. The van der Waals surface area contributed by atoms with Gasteiger partial charge >= 0.3 is 0 Å². The van der Waals surface area contributed by atoms with Crippen LogP contribution in [0.3, 0.4) is 0 Å². The molecule has 0 aliphatic rings. The van der Waals surface area contributed by atoms with Crippen LogP contribution in [0, 0.1) is 6.92 Å². The van der Waals surface area contributed by atoms with Crippen molar-refractivity contribution >= 4 is 34.2 Å². The summed E-state index contributed by atoms with van der Waals surface area (Å²) in [5, 5.41) is 3.39. The van der Waals surface area contributed by atoms with Crippen molar-refractivity contribution in [1.82, 2.24) is 5.32 Å². The summed E-state index contributed by atoms with van der Waals surface area (Å²) in [7, 11) is 1.56. The van der Waals surface area contributed by atoms with E-state index in [-0.39, 0.29) is 19.0 Å². The van der Waals surface area contributed by atoms with Gasteiger partial charge in [0.15, 0.2) is 18.1 Å². The number of nitrogens with two attached hydrogens (primary N) is 1. The number of carbonyl (C=O) groups is 1. The lowest BCUT2D eigenvalue weighted by molar-refractivity contribution is -0.119. The van der Waals surface area contributed by atoms with E-state index in [2.05, 4.69) is 52.4 Å². The highest BCUT2D eigenvalue weighted by atomic mass is 79.9. The first kappa shape index (κ1) is 21.3. The van der Waals surface area contributed by atoms with Crippen molar-refractivity contribution in [2.24, 2.45) is 5.73 Å². The molecule has 0 fully saturated rings. The Bertz CT molecular complexity index is 708. The topological polar surface area (TPSA) is 73.6 Å². The molecule has 25 heavy (non-hydrogen) atoms. The lowest BCUT2D eigenvalue weighted by Crippen LogP contribution is -2.20. The number of hydrogen-bond donors (Lipinski definition) is 2. The summed E-state index contributed by atoms with van der Waals surface area (Å²) < 4.78 is 11.5. The molecule has 136 valence electrons. The van der Waals surface area contributed by atoms with Crippen LogP contribution in [-0.2, 0) is 17.9 Å². The molecule has 0 aliphatic carbocycles. The van der Waals surface area contributed by atoms with Crippen molar-refractivity contribution < 1.29 is 14.3 Å². The van der Waals surface area contributed by atoms with E-state index < -0.39 is 5.91 Å². The van der Waals surface area contributed by atoms with Crippen LogP contribution < -0.4 is 20.5 Å². The van der Waals surface area contributed by atoms with Gasteiger partial charge in [0.2, 0.25) is 0 Å². The van der Waals surface area contributed by atoms with Crippen LogP contribution in [0.5, 0.6) is 11.5 Å². The standard InChI is InChI=1S/C18H21BrN2O3.ClH/c1-12-3-5-13(6-4-12)9-21-10-14-7-15(19)18(16(8-14)23-2)24-11-17(20)22;/h3-8,21H,9-11H2,1-2H3,(H2,20,22);1H. The van der Waals surface area contributed by atoms with Gasteiger partial charge in [-0.05, 0) is 46.1 Å². The van der Waals surface area contributed by atoms with Gasteiger partial charge in [0.25, 0.3) is 5.91 Å². The van der Waals surface area contributed by atoms with E-state index in [1.165, 1.54) is 11.1 Å². The van der Waals surface area contributed by atoms with Gasteiger partial charge in [0.1, 0.15) is 0 Å². The molecule has 2 rings (SSSR count). The molecular weight excluding hydrogens is 408 g/mol. The Morgan fingerprint density at radius 3 is 2.40 bits per heavy atom. The molecule has 0 bridgehead atoms. The summed E-state index contributed by atoms with van der Waals surface area (Å²) in [6, 6.07) is 12.2. The third-order valence-corrected chi connectivity index (χ3v) is 4.02. The van der Waals surface area contributed by atoms with Gasteiger partial charge in [0, 0.05) is 13.1 Å². The molecule has 0 radical (unpaired) electrons. The van der Waals surface area contributed by atoms with Crippen LogP contribution >= 0.6 is 28.3 Å². The fourth-order valence-electron chi connectivity index (χ4n) is 2.22. The largest absolute Gasteiger partial charge is 0.493 e. The Balaban J connectivity index is 0.00000312. The van der Waals surface area contributed by atoms with Crippen molar-refractivity contribution in [3.63, 3.8) is 0 Å². The van der Waals surface area contributed by atoms with E-state index >= 15 is 0 Å². The molecule has 0 spiro atoms. The van der Waals surface area contributed by atoms with E-state index in [4.69, 9.17) is 15.2 Å². The highest BCUT2D eigenvalue weighted by Crippen LogP contribution is 2.36. The van der Waals surface area contributed by atoms with Crippen molar-refractivity contribution in [1.29, 1.82) is 0 Å². The second kappa shape index (κ2) is 10.3. The van der Waals surface area contributed by atoms with E-state index in [0.717, 1.165) is 16.6 Å². The number of carbonyl (C=O) groups excluding carboxylic acids is 1. The minimum Gasteiger partial charge on any atom is -0.493 e. The van der Waals surface area contributed by atoms with Crippen LogP contribution in [0.2, 0.25) is 0 Å². The molecule has 2 aromatic rings. The van der Waals surface area contributed by atoms with Gasteiger partial charge in [-0.3, -0.25) is 4.79 Å². The third kappa shape index (κ3) is 6.57. The van der Waals surface area contributed by atoms with Gasteiger partial charge < -0.3 is 20.5 Å². The van der Waals surface area contributed by atoms with E-state index in [1.807, 2.05) is 12.1 Å². The van der Waals surface area contributed by atoms with Crippen molar-refractivity contribution in [3.8, 4) is 11.5 Å². The molecule has 0 unspecified atom stereocenters. The molecule has 0 aliphatic heterocycles. The van der Waals surface area contributed by atoms with Gasteiger partial charge in [-0.1, -0.05) is 29.8 Å². The maximum Gasteiger partial charge on any atom is 0.255 e. The van der Waals surface area contributed by atoms with Gasteiger partial charge in [-0.2, -0.15) is 0 Å². The molecule has 0 heterocycles. The van der Waals surface area contributed by atoms with Crippen LogP contribution in [0.15, 0.2) is 40.9 Å². The molecule has 0 aromatic heterocycles. The molecular formula is C18H22BrClN2O3. The summed E-state index contributed by atoms with van der Waals surface area (Å²) in [6.07, 6.45) is 0. The molecule has 0 atom stereocenters. The second-order valence-electron chi connectivity index (χ2n) is 5.45. The lowest BCUT2D eigenvalue weighted by atomic mass is 10.1. The van der Waals surface area contributed by atoms with E-state index in [0.29, 0.717) is 18.0 Å². The van der Waals surface area contributed by atoms with Crippen molar-refractivity contribution in [3.05, 3.63) is 57.6 Å². The Hall–Kier alpha value is -1.76. The minimum absolute atomic E-state index is 0. The highest BCUT2D eigenvalue weighted by Gasteiger charge is 2.12. The molecule has 7 heteroatoms. The number of benzene rings is 2. The predicted octanol–water partition coefficient (Wildman–Crippen LogP) is 3.34. The minimum atomic E-state index is -0.534. The summed E-state index contributed by atoms with van der Waals surface area (Å²) in [5.41, 5.74) is 8.63. The highest BCUT2D eigenvalue weighted by molar-refractivity contribution is 9.10. The number of primary amides is 1. The van der Waals surface area contributed by atoms with Crippen LogP contribution in [-0.4, -0.2) is 19.6 Å². The van der Waals surface area contributed by atoms with Crippen LogP contribution in [0.1, 0.15) is 16.7 Å². The lowest BCUT2D eigenvalue weighted by Gasteiger charge is -2.14. The molecule has 1 amide bonds. The summed E-state index contributed by atoms with van der Waals surface area (Å²) >= 11 is 3.45. The smallest absolute Gasteiger partial charge is 0.255 e. The number of nitrogens with one attached hydrogen (secondary N) is 1. The Morgan fingerprint density at radius 1 is 1.16 bits per heavy atom. The Morgan fingerprint density at radius 2 is 1.80 bits per heavy atom. The van der Waals surface area contributed by atoms with Crippen LogP contribution in [0.4, 0.5) is 0 Å². The first-order valence-corrected chi connectivity index (χ1v) is 8.32. The summed E-state index contributed by atoms with van der Waals surface area (Å²) in [4.78, 5) is 10.9. The average molecular weight is 430 g/mol. The molecule has 0 saturated heterocycles. The average Bonchev–Trinajstić information content (AvgIpc) is 2.55. The maximum absolute atomic E-state index is 10.9. The maximum atomic E-state index is 10.9. The third-order valence-electron chi connectivity index (χ3n) is 3.43. The zero-order valence-corrected chi connectivity index (χ0v) is 16.6. The van der Waals surface area contributed by atoms with Crippen molar-refractivity contribution in [2.75, 3.05) is 13.7 Å². The number of aryl methyl sites for hydroxylation is 1.